The van der Waals surface area contributed by atoms with E-state index in [1.165, 1.54) is 43.6 Å². The van der Waals surface area contributed by atoms with E-state index in [1.54, 1.807) is 0 Å². The van der Waals surface area contributed by atoms with E-state index in [2.05, 4.69) is 40.2 Å². The van der Waals surface area contributed by atoms with E-state index in [1.807, 2.05) is 36.4 Å². The first kappa shape index (κ1) is 16.2. The second-order valence-electron chi connectivity index (χ2n) is 6.52. The maximum Gasteiger partial charge on any atom is 0.0724 e. The third-order valence-corrected chi connectivity index (χ3v) is 5.06. The predicted octanol–water partition coefficient (Wildman–Crippen LogP) is 6.05. The Kier molecular flexibility index (Phi) is 4.71. The molecule has 4 rings (SSSR count). The minimum atomic E-state index is 0.741. The molecule has 126 valence electrons. The Balaban J connectivity index is 1.53. The van der Waals surface area contributed by atoms with Crippen LogP contribution in [-0.2, 0) is 0 Å². The SMILES string of the molecule is Clc1cc(/C=C/c2ccc(N3CCCCC3)cc2)nc2ccccc12. The summed E-state index contributed by atoms with van der Waals surface area (Å²) in [7, 11) is 0. The second kappa shape index (κ2) is 7.28. The molecule has 2 aromatic carbocycles. The van der Waals surface area contributed by atoms with Gasteiger partial charge in [0, 0.05) is 24.2 Å². The Hall–Kier alpha value is -2.32. The normalized spacial score (nSPS) is 15.2. The zero-order chi connectivity index (χ0) is 17.1. The van der Waals surface area contributed by atoms with Crippen molar-refractivity contribution in [2.24, 2.45) is 0 Å². The van der Waals surface area contributed by atoms with Crippen molar-refractivity contribution in [1.29, 1.82) is 0 Å². The molecular formula is C22H21ClN2. The molecule has 0 saturated carbocycles. The molecule has 0 bridgehead atoms. The number of pyridine rings is 1. The van der Waals surface area contributed by atoms with Crippen LogP contribution in [0.2, 0.25) is 5.02 Å². The van der Waals surface area contributed by atoms with Gasteiger partial charge in [0.25, 0.3) is 0 Å². The van der Waals surface area contributed by atoms with E-state index in [0.717, 1.165) is 21.6 Å². The fourth-order valence-corrected chi connectivity index (χ4v) is 3.64. The van der Waals surface area contributed by atoms with E-state index in [0.29, 0.717) is 0 Å². The number of hydrogen-bond acceptors (Lipinski definition) is 2. The van der Waals surface area contributed by atoms with Crippen LogP contribution in [-0.4, -0.2) is 18.1 Å². The van der Waals surface area contributed by atoms with Crippen molar-refractivity contribution in [3.05, 3.63) is 70.9 Å². The third-order valence-electron chi connectivity index (χ3n) is 4.75. The maximum atomic E-state index is 6.37. The van der Waals surface area contributed by atoms with Crippen molar-refractivity contribution in [2.75, 3.05) is 18.0 Å². The van der Waals surface area contributed by atoms with Crippen LogP contribution in [0.3, 0.4) is 0 Å². The molecule has 0 N–H and O–H groups in total. The summed E-state index contributed by atoms with van der Waals surface area (Å²) in [4.78, 5) is 7.14. The average molecular weight is 349 g/mol. The molecule has 1 saturated heterocycles. The lowest BCUT2D eigenvalue weighted by Crippen LogP contribution is -2.29. The van der Waals surface area contributed by atoms with Crippen molar-refractivity contribution in [1.82, 2.24) is 4.98 Å². The first-order chi connectivity index (χ1) is 12.3. The molecular weight excluding hydrogens is 328 g/mol. The summed E-state index contributed by atoms with van der Waals surface area (Å²) in [6, 6.07) is 18.6. The van der Waals surface area contributed by atoms with E-state index in [-0.39, 0.29) is 0 Å². The number of fused-ring (bicyclic) bond motifs is 1. The molecule has 0 amide bonds. The number of piperidine rings is 1. The van der Waals surface area contributed by atoms with Crippen LogP contribution < -0.4 is 4.90 Å². The van der Waals surface area contributed by atoms with Crippen LogP contribution in [0, 0.1) is 0 Å². The largest absolute Gasteiger partial charge is 0.372 e. The molecule has 2 heterocycles. The maximum absolute atomic E-state index is 6.37. The van der Waals surface area contributed by atoms with Gasteiger partial charge in [-0.15, -0.1) is 0 Å². The number of rotatable bonds is 3. The Bertz CT molecular complexity index is 894. The molecule has 1 fully saturated rings. The van der Waals surface area contributed by atoms with Crippen molar-refractivity contribution in [3.8, 4) is 0 Å². The zero-order valence-electron chi connectivity index (χ0n) is 14.2. The molecule has 0 unspecified atom stereocenters. The van der Waals surface area contributed by atoms with E-state index in [4.69, 9.17) is 11.6 Å². The van der Waals surface area contributed by atoms with Crippen molar-refractivity contribution in [3.63, 3.8) is 0 Å². The number of para-hydroxylation sites is 1. The fraction of sp³-hybridized carbons (Fsp3) is 0.227. The first-order valence-electron chi connectivity index (χ1n) is 8.88. The van der Waals surface area contributed by atoms with Gasteiger partial charge in [0.2, 0.25) is 0 Å². The lowest BCUT2D eigenvalue weighted by molar-refractivity contribution is 0.578. The Morgan fingerprint density at radius 3 is 2.44 bits per heavy atom. The van der Waals surface area contributed by atoms with Crippen molar-refractivity contribution in [2.45, 2.75) is 19.3 Å². The molecule has 1 aliphatic heterocycles. The topological polar surface area (TPSA) is 16.1 Å². The molecule has 1 aliphatic rings. The molecule has 3 aromatic rings. The monoisotopic (exact) mass is 348 g/mol. The smallest absolute Gasteiger partial charge is 0.0724 e. The van der Waals surface area contributed by atoms with Crippen LogP contribution in [0.25, 0.3) is 23.1 Å². The number of aromatic nitrogens is 1. The highest BCUT2D eigenvalue weighted by Gasteiger charge is 2.10. The zero-order valence-corrected chi connectivity index (χ0v) is 14.9. The average Bonchev–Trinajstić information content (AvgIpc) is 2.68. The highest BCUT2D eigenvalue weighted by molar-refractivity contribution is 6.35. The number of nitrogens with zero attached hydrogens (tertiary/aromatic N) is 2. The Labute approximate surface area is 153 Å². The molecule has 0 spiro atoms. The van der Waals surface area contributed by atoms with Crippen LogP contribution in [0.1, 0.15) is 30.5 Å². The summed E-state index contributed by atoms with van der Waals surface area (Å²) in [5, 5.41) is 1.73. The van der Waals surface area contributed by atoms with Crippen LogP contribution in [0.15, 0.2) is 54.6 Å². The number of halogens is 1. The minimum Gasteiger partial charge on any atom is -0.372 e. The Morgan fingerprint density at radius 1 is 0.880 bits per heavy atom. The van der Waals surface area contributed by atoms with Gasteiger partial charge in [-0.05, 0) is 55.2 Å². The number of anilines is 1. The van der Waals surface area contributed by atoms with Crippen molar-refractivity contribution >= 4 is 40.3 Å². The standard InChI is InChI=1S/C22H21ClN2/c23-21-16-18(24-22-7-3-2-6-20(21)22)11-8-17-9-12-19(13-10-17)25-14-4-1-5-15-25/h2-3,6-13,16H,1,4-5,14-15H2/b11-8+. The fourth-order valence-electron chi connectivity index (χ4n) is 3.37. The van der Waals surface area contributed by atoms with Crippen LogP contribution in [0.4, 0.5) is 5.69 Å². The van der Waals surface area contributed by atoms with E-state index in [9.17, 15) is 0 Å². The van der Waals surface area contributed by atoms with E-state index < -0.39 is 0 Å². The lowest BCUT2D eigenvalue weighted by Gasteiger charge is -2.28. The molecule has 3 heteroatoms. The number of hydrogen-bond donors (Lipinski definition) is 0. The molecule has 1 aromatic heterocycles. The van der Waals surface area contributed by atoms with Gasteiger partial charge < -0.3 is 4.90 Å². The van der Waals surface area contributed by atoms with Gasteiger partial charge >= 0.3 is 0 Å². The molecule has 0 atom stereocenters. The van der Waals surface area contributed by atoms with Crippen molar-refractivity contribution < 1.29 is 0 Å². The lowest BCUT2D eigenvalue weighted by atomic mass is 10.1. The predicted molar refractivity (Wildman–Crippen MR) is 108 cm³/mol. The van der Waals surface area contributed by atoms with Gasteiger partial charge in [0.05, 0.1) is 16.2 Å². The van der Waals surface area contributed by atoms with Gasteiger partial charge in [-0.2, -0.15) is 0 Å². The van der Waals surface area contributed by atoms with Crippen LogP contribution in [0.5, 0.6) is 0 Å². The third kappa shape index (κ3) is 3.69. The highest BCUT2D eigenvalue weighted by atomic mass is 35.5. The van der Waals surface area contributed by atoms with E-state index >= 15 is 0 Å². The van der Waals surface area contributed by atoms with Gasteiger partial charge in [-0.3, -0.25) is 0 Å². The van der Waals surface area contributed by atoms with Gasteiger partial charge in [0.15, 0.2) is 0 Å². The quantitative estimate of drug-likeness (QED) is 0.572. The van der Waals surface area contributed by atoms with Gasteiger partial charge in [0.1, 0.15) is 0 Å². The molecule has 0 aliphatic carbocycles. The summed E-state index contributed by atoms with van der Waals surface area (Å²) < 4.78 is 0. The second-order valence-corrected chi connectivity index (χ2v) is 6.93. The molecule has 0 radical (unpaired) electrons. The molecule has 25 heavy (non-hydrogen) atoms. The van der Waals surface area contributed by atoms with Gasteiger partial charge in [-0.25, -0.2) is 4.98 Å². The summed E-state index contributed by atoms with van der Waals surface area (Å²) in [5.74, 6) is 0. The highest BCUT2D eigenvalue weighted by Crippen LogP contribution is 2.24. The summed E-state index contributed by atoms with van der Waals surface area (Å²) in [5.41, 5.74) is 4.30. The van der Waals surface area contributed by atoms with Gasteiger partial charge in [-0.1, -0.05) is 48.0 Å². The summed E-state index contributed by atoms with van der Waals surface area (Å²) >= 11 is 6.37. The van der Waals surface area contributed by atoms with Crippen LogP contribution >= 0.6 is 11.6 Å². The number of benzene rings is 2. The first-order valence-corrected chi connectivity index (χ1v) is 9.26. The molecule has 2 nitrogen and oxygen atoms in total. The summed E-state index contributed by atoms with van der Waals surface area (Å²) in [6.07, 6.45) is 8.08. The summed E-state index contributed by atoms with van der Waals surface area (Å²) in [6.45, 7) is 2.35. The Morgan fingerprint density at radius 2 is 1.64 bits per heavy atom. The minimum absolute atomic E-state index is 0.741.